The smallest absolute Gasteiger partial charge is 0.254 e. The lowest BCUT2D eigenvalue weighted by molar-refractivity contribution is 0.627. The first kappa shape index (κ1) is 12.8. The van der Waals surface area contributed by atoms with Gasteiger partial charge in [-0.2, -0.15) is 14.6 Å². The Bertz CT molecular complexity index is 771. The monoisotopic (exact) mass is 291 g/mol. The van der Waals surface area contributed by atoms with Crippen LogP contribution in [0, 0.1) is 12.7 Å². The summed E-state index contributed by atoms with van der Waals surface area (Å²) in [5.74, 6) is 0.931. The summed E-state index contributed by atoms with van der Waals surface area (Å²) in [4.78, 5) is 8.30. The van der Waals surface area contributed by atoms with Crippen LogP contribution in [0.15, 0.2) is 30.6 Å². The van der Waals surface area contributed by atoms with Gasteiger partial charge >= 0.3 is 0 Å². The van der Waals surface area contributed by atoms with Gasteiger partial charge in [-0.1, -0.05) is 17.7 Å². The van der Waals surface area contributed by atoms with E-state index < -0.39 is 0 Å². The standard InChI is InChI=1S/C13H11ClFN5/c1-8-4-12(20-13(19-8)17-7-18-20)16-6-9-2-3-10(15)5-11(9)14/h2-5,7,16H,6H2,1H3. The zero-order valence-corrected chi connectivity index (χ0v) is 11.4. The minimum atomic E-state index is -0.350. The third kappa shape index (κ3) is 2.42. The highest BCUT2D eigenvalue weighted by molar-refractivity contribution is 6.31. The molecule has 0 radical (unpaired) electrons. The molecule has 2 aromatic heterocycles. The van der Waals surface area contributed by atoms with Crippen LogP contribution < -0.4 is 5.32 Å². The van der Waals surface area contributed by atoms with Gasteiger partial charge in [0.2, 0.25) is 0 Å². The molecule has 102 valence electrons. The maximum absolute atomic E-state index is 13.0. The van der Waals surface area contributed by atoms with Gasteiger partial charge in [0, 0.05) is 23.3 Å². The molecule has 0 aliphatic carbocycles. The summed E-state index contributed by atoms with van der Waals surface area (Å²) in [6.07, 6.45) is 1.44. The molecule has 1 aromatic carbocycles. The first-order chi connectivity index (χ1) is 9.63. The molecule has 0 saturated carbocycles. The van der Waals surface area contributed by atoms with Gasteiger partial charge in [0.15, 0.2) is 0 Å². The quantitative estimate of drug-likeness (QED) is 0.806. The predicted octanol–water partition coefficient (Wildman–Crippen LogP) is 2.84. The summed E-state index contributed by atoms with van der Waals surface area (Å²) in [5.41, 5.74) is 1.63. The van der Waals surface area contributed by atoms with Crippen molar-refractivity contribution in [2.24, 2.45) is 0 Å². The largest absolute Gasteiger partial charge is 0.366 e. The van der Waals surface area contributed by atoms with E-state index in [1.54, 1.807) is 10.6 Å². The van der Waals surface area contributed by atoms with Crippen molar-refractivity contribution in [3.8, 4) is 0 Å². The molecule has 1 N–H and O–H groups in total. The number of nitrogens with one attached hydrogen (secondary N) is 1. The molecule has 0 unspecified atom stereocenters. The van der Waals surface area contributed by atoms with E-state index >= 15 is 0 Å². The average Bonchev–Trinajstić information content (AvgIpc) is 2.85. The lowest BCUT2D eigenvalue weighted by Gasteiger charge is -2.09. The third-order valence-electron chi connectivity index (χ3n) is 2.85. The Morgan fingerprint density at radius 2 is 2.20 bits per heavy atom. The van der Waals surface area contributed by atoms with Gasteiger partial charge in [-0.05, 0) is 24.6 Å². The van der Waals surface area contributed by atoms with E-state index in [0.29, 0.717) is 17.3 Å². The molecule has 0 bridgehead atoms. The fourth-order valence-electron chi connectivity index (χ4n) is 1.91. The van der Waals surface area contributed by atoms with Crippen molar-refractivity contribution >= 4 is 23.2 Å². The molecule has 0 aliphatic rings. The van der Waals surface area contributed by atoms with E-state index in [-0.39, 0.29) is 5.82 Å². The number of halogens is 2. The van der Waals surface area contributed by atoms with Crippen molar-refractivity contribution in [3.63, 3.8) is 0 Å². The lowest BCUT2D eigenvalue weighted by Crippen LogP contribution is -2.07. The van der Waals surface area contributed by atoms with Crippen LogP contribution in [0.5, 0.6) is 0 Å². The fraction of sp³-hybridized carbons (Fsp3) is 0.154. The van der Waals surface area contributed by atoms with Gasteiger partial charge < -0.3 is 5.32 Å². The van der Waals surface area contributed by atoms with Crippen LogP contribution in [-0.4, -0.2) is 19.6 Å². The van der Waals surface area contributed by atoms with Crippen LogP contribution >= 0.6 is 11.6 Å². The normalized spacial score (nSPS) is 10.9. The van der Waals surface area contributed by atoms with E-state index in [0.717, 1.165) is 17.1 Å². The van der Waals surface area contributed by atoms with E-state index in [4.69, 9.17) is 11.6 Å². The fourth-order valence-corrected chi connectivity index (χ4v) is 2.14. The zero-order chi connectivity index (χ0) is 14.1. The molecule has 0 saturated heterocycles. The molecule has 2 heterocycles. The van der Waals surface area contributed by atoms with Crippen molar-refractivity contribution in [2.45, 2.75) is 13.5 Å². The number of fused-ring (bicyclic) bond motifs is 1. The first-order valence-corrected chi connectivity index (χ1v) is 6.36. The second-order valence-electron chi connectivity index (χ2n) is 4.34. The number of nitrogens with zero attached hydrogens (tertiary/aromatic N) is 4. The van der Waals surface area contributed by atoms with Crippen LogP contribution in [-0.2, 0) is 6.54 Å². The number of aryl methyl sites for hydroxylation is 1. The van der Waals surface area contributed by atoms with Crippen molar-refractivity contribution in [2.75, 3.05) is 5.32 Å². The van der Waals surface area contributed by atoms with E-state index in [1.807, 2.05) is 13.0 Å². The summed E-state index contributed by atoms with van der Waals surface area (Å²) in [5, 5.41) is 7.69. The average molecular weight is 292 g/mol. The highest BCUT2D eigenvalue weighted by atomic mass is 35.5. The molecule has 0 atom stereocenters. The van der Waals surface area contributed by atoms with Gasteiger partial charge in [0.1, 0.15) is 18.0 Å². The summed E-state index contributed by atoms with van der Waals surface area (Å²) in [6.45, 7) is 2.34. The lowest BCUT2D eigenvalue weighted by atomic mass is 10.2. The number of hydrogen-bond donors (Lipinski definition) is 1. The SMILES string of the molecule is Cc1cc(NCc2ccc(F)cc2Cl)n2ncnc2n1. The van der Waals surface area contributed by atoms with Gasteiger partial charge in [0.05, 0.1) is 0 Å². The topological polar surface area (TPSA) is 55.1 Å². The molecule has 0 fully saturated rings. The number of aromatic nitrogens is 4. The van der Waals surface area contributed by atoms with Gasteiger partial charge in [-0.15, -0.1) is 0 Å². The molecule has 0 spiro atoms. The maximum atomic E-state index is 13.0. The highest BCUT2D eigenvalue weighted by Gasteiger charge is 2.07. The summed E-state index contributed by atoms with van der Waals surface area (Å²) in [7, 11) is 0. The summed E-state index contributed by atoms with van der Waals surface area (Å²) >= 11 is 6.00. The van der Waals surface area contributed by atoms with Gasteiger partial charge in [0.25, 0.3) is 5.78 Å². The maximum Gasteiger partial charge on any atom is 0.254 e. The Kier molecular flexibility index (Phi) is 3.23. The Balaban J connectivity index is 1.88. The van der Waals surface area contributed by atoms with Crippen LogP contribution in [0.25, 0.3) is 5.78 Å². The molecule has 7 heteroatoms. The van der Waals surface area contributed by atoms with Crippen molar-refractivity contribution in [1.82, 2.24) is 19.6 Å². The van der Waals surface area contributed by atoms with E-state index in [2.05, 4.69) is 20.4 Å². The molecule has 5 nitrogen and oxygen atoms in total. The van der Waals surface area contributed by atoms with Crippen molar-refractivity contribution < 1.29 is 4.39 Å². The number of hydrogen-bond acceptors (Lipinski definition) is 4. The molecule has 3 rings (SSSR count). The predicted molar refractivity (Wildman–Crippen MR) is 74.3 cm³/mol. The van der Waals surface area contributed by atoms with Crippen LogP contribution in [0.4, 0.5) is 10.2 Å². The number of rotatable bonds is 3. The minimum absolute atomic E-state index is 0.350. The summed E-state index contributed by atoms with van der Waals surface area (Å²) < 4.78 is 14.6. The Morgan fingerprint density at radius 3 is 3.00 bits per heavy atom. The molecule has 0 aliphatic heterocycles. The highest BCUT2D eigenvalue weighted by Crippen LogP contribution is 2.19. The summed E-state index contributed by atoms with van der Waals surface area (Å²) in [6, 6.07) is 6.18. The molecular weight excluding hydrogens is 281 g/mol. The number of benzene rings is 1. The molecule has 20 heavy (non-hydrogen) atoms. The van der Waals surface area contributed by atoms with E-state index in [9.17, 15) is 4.39 Å². The van der Waals surface area contributed by atoms with Gasteiger partial charge in [-0.3, -0.25) is 0 Å². The zero-order valence-electron chi connectivity index (χ0n) is 10.6. The Hall–Kier alpha value is -2.21. The van der Waals surface area contributed by atoms with Crippen molar-refractivity contribution in [1.29, 1.82) is 0 Å². The second-order valence-corrected chi connectivity index (χ2v) is 4.75. The molecular formula is C13H11ClFN5. The van der Waals surface area contributed by atoms with E-state index in [1.165, 1.54) is 18.5 Å². The van der Waals surface area contributed by atoms with Crippen LogP contribution in [0.2, 0.25) is 5.02 Å². The third-order valence-corrected chi connectivity index (χ3v) is 3.21. The van der Waals surface area contributed by atoms with Crippen LogP contribution in [0.3, 0.4) is 0 Å². The van der Waals surface area contributed by atoms with Crippen molar-refractivity contribution in [3.05, 3.63) is 52.7 Å². The second kappa shape index (κ2) is 5.05. The Morgan fingerprint density at radius 1 is 1.35 bits per heavy atom. The minimum Gasteiger partial charge on any atom is -0.366 e. The first-order valence-electron chi connectivity index (χ1n) is 5.98. The molecule has 0 amide bonds. The number of anilines is 1. The van der Waals surface area contributed by atoms with Crippen LogP contribution in [0.1, 0.15) is 11.3 Å². The molecule has 3 aromatic rings. The van der Waals surface area contributed by atoms with Gasteiger partial charge in [-0.25, -0.2) is 9.37 Å². The Labute approximate surface area is 119 Å².